The molecule has 1 saturated heterocycles. The molecule has 0 aromatic heterocycles. The molecule has 0 spiro atoms. The Morgan fingerprint density at radius 3 is 2.91 bits per heavy atom. The van der Waals surface area contributed by atoms with Crippen LogP contribution in [0.4, 0.5) is 4.39 Å². The Kier molecular flexibility index (Phi) is 5.37. The van der Waals surface area contributed by atoms with Gasteiger partial charge in [0.05, 0.1) is 6.10 Å². The standard InChI is InChI=1S/C18H25ClFNO/c19-15-3-1-2-14(10-15)16-9-12(4-6-17(16)22)8-13-5-7-18(20)21-11-13/h1,3-4,10,13-14,16-18,21-22H,2,5-9,11H2. The smallest absolute Gasteiger partial charge is 0.151 e. The summed E-state index contributed by atoms with van der Waals surface area (Å²) < 4.78 is 13.1. The quantitative estimate of drug-likeness (QED) is 0.605. The van der Waals surface area contributed by atoms with Crippen molar-refractivity contribution in [2.75, 3.05) is 6.54 Å². The second-order valence-corrected chi connectivity index (χ2v) is 7.35. The molecule has 3 rings (SSSR count). The van der Waals surface area contributed by atoms with Crippen LogP contribution in [0.25, 0.3) is 0 Å². The number of allylic oxidation sites excluding steroid dienone is 5. The fraction of sp³-hybridized carbons (Fsp3) is 0.667. The molecule has 0 amide bonds. The molecule has 0 bridgehead atoms. The van der Waals surface area contributed by atoms with E-state index in [1.54, 1.807) is 0 Å². The van der Waals surface area contributed by atoms with Crippen LogP contribution < -0.4 is 5.32 Å². The predicted molar refractivity (Wildman–Crippen MR) is 88.2 cm³/mol. The van der Waals surface area contributed by atoms with Crippen molar-refractivity contribution in [2.45, 2.75) is 50.9 Å². The van der Waals surface area contributed by atoms with Gasteiger partial charge in [-0.25, -0.2) is 4.39 Å². The highest BCUT2D eigenvalue weighted by atomic mass is 35.5. The first-order valence-electron chi connectivity index (χ1n) is 8.39. The van der Waals surface area contributed by atoms with Crippen molar-refractivity contribution in [1.29, 1.82) is 0 Å². The number of alkyl halides is 1. The summed E-state index contributed by atoms with van der Waals surface area (Å²) in [7, 11) is 0. The number of aliphatic hydroxyl groups excluding tert-OH is 1. The zero-order valence-corrected chi connectivity index (χ0v) is 13.6. The van der Waals surface area contributed by atoms with Crippen molar-refractivity contribution in [3.05, 3.63) is 34.9 Å². The molecular weight excluding hydrogens is 301 g/mol. The highest BCUT2D eigenvalue weighted by molar-refractivity contribution is 6.31. The van der Waals surface area contributed by atoms with E-state index in [1.807, 2.05) is 6.08 Å². The third-order valence-electron chi connectivity index (χ3n) is 5.26. The average molecular weight is 326 g/mol. The zero-order valence-electron chi connectivity index (χ0n) is 12.8. The van der Waals surface area contributed by atoms with E-state index in [1.165, 1.54) is 5.57 Å². The SMILES string of the molecule is OC1CC=C(CC2CCC(F)NC2)CC1C1C=C(Cl)C=CC1. The third-order valence-corrected chi connectivity index (χ3v) is 5.51. The molecule has 2 nitrogen and oxygen atoms in total. The van der Waals surface area contributed by atoms with E-state index in [2.05, 4.69) is 23.5 Å². The molecule has 0 aromatic rings. The third kappa shape index (κ3) is 4.01. The lowest BCUT2D eigenvalue weighted by molar-refractivity contribution is 0.0782. The molecule has 0 aromatic carbocycles. The minimum absolute atomic E-state index is 0.254. The number of rotatable bonds is 3. The van der Waals surface area contributed by atoms with Gasteiger partial charge in [-0.3, -0.25) is 5.32 Å². The molecule has 22 heavy (non-hydrogen) atoms. The first-order valence-corrected chi connectivity index (χ1v) is 8.77. The molecule has 4 heteroatoms. The van der Waals surface area contributed by atoms with Gasteiger partial charge in [-0.05, 0) is 62.4 Å². The average Bonchev–Trinajstić information content (AvgIpc) is 2.51. The zero-order chi connectivity index (χ0) is 15.5. The summed E-state index contributed by atoms with van der Waals surface area (Å²) in [5, 5.41) is 14.1. The molecular formula is C18H25ClFNO. The first kappa shape index (κ1) is 16.2. The normalized spacial score (nSPS) is 39.3. The monoisotopic (exact) mass is 325 g/mol. The van der Waals surface area contributed by atoms with Gasteiger partial charge in [-0.1, -0.05) is 35.4 Å². The van der Waals surface area contributed by atoms with Gasteiger partial charge in [0.2, 0.25) is 0 Å². The van der Waals surface area contributed by atoms with Crippen LogP contribution in [0.1, 0.15) is 38.5 Å². The van der Waals surface area contributed by atoms with Crippen molar-refractivity contribution in [3.8, 4) is 0 Å². The Labute approximate surface area is 137 Å². The number of aliphatic hydroxyl groups is 1. The molecule has 0 radical (unpaired) electrons. The predicted octanol–water partition coefficient (Wildman–Crippen LogP) is 4.07. The van der Waals surface area contributed by atoms with Gasteiger partial charge in [0.25, 0.3) is 0 Å². The molecule has 122 valence electrons. The molecule has 5 unspecified atom stereocenters. The van der Waals surface area contributed by atoms with Crippen LogP contribution in [0.15, 0.2) is 34.9 Å². The van der Waals surface area contributed by atoms with Crippen molar-refractivity contribution >= 4 is 11.6 Å². The van der Waals surface area contributed by atoms with Crippen LogP contribution in [-0.2, 0) is 0 Å². The Bertz CT molecular complexity index is 479. The van der Waals surface area contributed by atoms with Crippen LogP contribution in [0.3, 0.4) is 0 Å². The fourth-order valence-electron chi connectivity index (χ4n) is 3.98. The Balaban J connectivity index is 1.59. The van der Waals surface area contributed by atoms with Crippen LogP contribution in [0, 0.1) is 17.8 Å². The van der Waals surface area contributed by atoms with Crippen molar-refractivity contribution in [3.63, 3.8) is 0 Å². The van der Waals surface area contributed by atoms with E-state index in [0.717, 1.165) is 43.7 Å². The van der Waals surface area contributed by atoms with E-state index >= 15 is 0 Å². The number of nitrogens with one attached hydrogen (secondary N) is 1. The van der Waals surface area contributed by atoms with Crippen molar-refractivity contribution in [2.24, 2.45) is 17.8 Å². The van der Waals surface area contributed by atoms with Gasteiger partial charge >= 0.3 is 0 Å². The van der Waals surface area contributed by atoms with Crippen LogP contribution in [0.5, 0.6) is 0 Å². The second-order valence-electron chi connectivity index (χ2n) is 6.91. The van der Waals surface area contributed by atoms with Gasteiger partial charge in [-0.15, -0.1) is 0 Å². The van der Waals surface area contributed by atoms with Gasteiger partial charge in [0.15, 0.2) is 6.30 Å². The highest BCUT2D eigenvalue weighted by Crippen LogP contribution is 2.38. The summed E-state index contributed by atoms with van der Waals surface area (Å²) in [6, 6.07) is 0. The molecule has 1 aliphatic heterocycles. The maximum absolute atomic E-state index is 13.1. The topological polar surface area (TPSA) is 32.3 Å². The summed E-state index contributed by atoms with van der Waals surface area (Å²) >= 11 is 6.12. The van der Waals surface area contributed by atoms with E-state index in [4.69, 9.17) is 11.6 Å². The molecule has 1 heterocycles. The van der Waals surface area contributed by atoms with E-state index in [0.29, 0.717) is 18.3 Å². The van der Waals surface area contributed by atoms with E-state index in [9.17, 15) is 9.50 Å². The van der Waals surface area contributed by atoms with Gasteiger partial charge < -0.3 is 5.11 Å². The number of piperidine rings is 1. The van der Waals surface area contributed by atoms with Crippen molar-refractivity contribution in [1.82, 2.24) is 5.32 Å². The summed E-state index contributed by atoms with van der Waals surface area (Å²) in [6.07, 6.45) is 12.5. The molecule has 2 aliphatic carbocycles. The minimum Gasteiger partial charge on any atom is -0.392 e. The lowest BCUT2D eigenvalue weighted by Gasteiger charge is -2.35. The summed E-state index contributed by atoms with van der Waals surface area (Å²) in [5.41, 5.74) is 1.43. The first-order chi connectivity index (χ1) is 10.6. The Morgan fingerprint density at radius 1 is 1.32 bits per heavy atom. The summed E-state index contributed by atoms with van der Waals surface area (Å²) in [6.45, 7) is 0.767. The van der Waals surface area contributed by atoms with Crippen LogP contribution in [-0.4, -0.2) is 24.1 Å². The van der Waals surface area contributed by atoms with Crippen molar-refractivity contribution < 1.29 is 9.50 Å². The van der Waals surface area contributed by atoms with E-state index < -0.39 is 6.30 Å². The molecule has 1 fully saturated rings. The van der Waals surface area contributed by atoms with Crippen LogP contribution >= 0.6 is 11.6 Å². The molecule has 3 aliphatic rings. The maximum atomic E-state index is 13.1. The minimum atomic E-state index is -0.826. The molecule has 5 atom stereocenters. The van der Waals surface area contributed by atoms with Gasteiger partial charge in [0, 0.05) is 11.6 Å². The summed E-state index contributed by atoms with van der Waals surface area (Å²) in [5.74, 6) is 1.11. The lowest BCUT2D eigenvalue weighted by Crippen LogP contribution is -2.37. The van der Waals surface area contributed by atoms with Gasteiger partial charge in [-0.2, -0.15) is 0 Å². The number of hydrogen-bond acceptors (Lipinski definition) is 2. The number of hydrogen-bond donors (Lipinski definition) is 2. The lowest BCUT2D eigenvalue weighted by atomic mass is 9.73. The second kappa shape index (κ2) is 7.29. The van der Waals surface area contributed by atoms with E-state index in [-0.39, 0.29) is 12.0 Å². The Hall–Kier alpha value is -0.640. The summed E-state index contributed by atoms with van der Waals surface area (Å²) in [4.78, 5) is 0. The largest absolute Gasteiger partial charge is 0.392 e. The molecule has 2 N–H and O–H groups in total. The maximum Gasteiger partial charge on any atom is 0.151 e. The Morgan fingerprint density at radius 2 is 2.18 bits per heavy atom. The number of halogens is 2. The van der Waals surface area contributed by atoms with Crippen LogP contribution in [0.2, 0.25) is 0 Å². The molecule has 0 saturated carbocycles. The highest BCUT2D eigenvalue weighted by Gasteiger charge is 2.31. The van der Waals surface area contributed by atoms with Gasteiger partial charge in [0.1, 0.15) is 0 Å². The fourth-order valence-corrected chi connectivity index (χ4v) is 4.23.